The second-order valence-corrected chi connectivity index (χ2v) is 4.57. The van der Waals surface area contributed by atoms with Crippen LogP contribution in [0.4, 0.5) is 0 Å². The number of hydrogen-bond donors (Lipinski definition) is 1. The fraction of sp³-hybridized carbons (Fsp3) is 0.500. The first-order chi connectivity index (χ1) is 6.68. The Morgan fingerprint density at radius 2 is 2.14 bits per heavy atom. The van der Waals surface area contributed by atoms with E-state index in [1.807, 2.05) is 25.1 Å². The van der Waals surface area contributed by atoms with Gasteiger partial charge in [0.25, 0.3) is 0 Å². The molecule has 1 aliphatic rings. The monoisotopic (exact) mass is 210 g/mol. The number of aryl methyl sites for hydroxylation is 1. The predicted molar refractivity (Wildman–Crippen MR) is 58.5 cm³/mol. The van der Waals surface area contributed by atoms with Crippen LogP contribution in [0.2, 0.25) is 5.02 Å². The van der Waals surface area contributed by atoms with Gasteiger partial charge in [0.1, 0.15) is 0 Å². The van der Waals surface area contributed by atoms with Gasteiger partial charge in [-0.2, -0.15) is 0 Å². The molecule has 0 heterocycles. The average molecular weight is 211 g/mol. The summed E-state index contributed by atoms with van der Waals surface area (Å²) >= 11 is 5.87. The number of aliphatic hydroxyl groups is 1. The lowest BCUT2D eigenvalue weighted by Crippen LogP contribution is -2.20. The Morgan fingerprint density at radius 3 is 2.64 bits per heavy atom. The summed E-state index contributed by atoms with van der Waals surface area (Å²) in [6.45, 7) is 2.00. The molecule has 1 fully saturated rings. The van der Waals surface area contributed by atoms with Crippen LogP contribution in [0.15, 0.2) is 18.2 Å². The van der Waals surface area contributed by atoms with Gasteiger partial charge in [-0.05, 0) is 48.9 Å². The second-order valence-electron chi connectivity index (χ2n) is 4.14. The van der Waals surface area contributed by atoms with Gasteiger partial charge in [0.15, 0.2) is 0 Å². The van der Waals surface area contributed by atoms with E-state index in [-0.39, 0.29) is 6.10 Å². The maximum Gasteiger partial charge on any atom is 0.0820 e. The molecule has 0 radical (unpaired) electrons. The minimum Gasteiger partial charge on any atom is -0.388 e. The molecule has 1 N–H and O–H groups in total. The van der Waals surface area contributed by atoms with Crippen LogP contribution in [0.3, 0.4) is 0 Å². The third-order valence-electron chi connectivity index (χ3n) is 3.15. The molecule has 0 amide bonds. The molecule has 0 aliphatic heterocycles. The molecule has 1 nitrogen and oxygen atoms in total. The fourth-order valence-electron chi connectivity index (χ4n) is 1.98. The molecule has 1 atom stereocenters. The van der Waals surface area contributed by atoms with Gasteiger partial charge in [-0.3, -0.25) is 0 Å². The number of benzene rings is 1. The Hall–Kier alpha value is -0.530. The maximum absolute atomic E-state index is 10.1. The van der Waals surface area contributed by atoms with E-state index in [1.54, 1.807) is 0 Å². The smallest absolute Gasteiger partial charge is 0.0820 e. The standard InChI is InChI=1S/C12H15ClO/c1-8-7-10(13)5-6-11(8)12(14)9-3-2-4-9/h5-7,9,12,14H,2-4H2,1H3. The van der Waals surface area contributed by atoms with Crippen LogP contribution < -0.4 is 0 Å². The molecule has 2 heteroatoms. The predicted octanol–water partition coefficient (Wildman–Crippen LogP) is 3.48. The molecule has 2 rings (SSSR count). The number of hydrogen-bond acceptors (Lipinski definition) is 1. The van der Waals surface area contributed by atoms with Crippen molar-refractivity contribution in [1.29, 1.82) is 0 Å². The number of halogens is 1. The topological polar surface area (TPSA) is 20.2 Å². The second kappa shape index (κ2) is 3.92. The SMILES string of the molecule is Cc1cc(Cl)ccc1C(O)C1CCC1. The molecule has 0 spiro atoms. The average Bonchev–Trinajstić information content (AvgIpc) is 2.00. The van der Waals surface area contributed by atoms with E-state index in [0.29, 0.717) is 5.92 Å². The summed E-state index contributed by atoms with van der Waals surface area (Å²) in [5.41, 5.74) is 2.14. The van der Waals surface area contributed by atoms with E-state index in [9.17, 15) is 5.11 Å². The minimum absolute atomic E-state index is 0.291. The van der Waals surface area contributed by atoms with Crippen molar-refractivity contribution in [2.45, 2.75) is 32.3 Å². The van der Waals surface area contributed by atoms with Gasteiger partial charge in [-0.1, -0.05) is 24.1 Å². The molecule has 1 unspecified atom stereocenters. The van der Waals surface area contributed by atoms with Crippen molar-refractivity contribution in [3.8, 4) is 0 Å². The molecular formula is C12H15ClO. The zero-order chi connectivity index (χ0) is 10.1. The first-order valence-corrected chi connectivity index (χ1v) is 5.50. The van der Waals surface area contributed by atoms with Crippen LogP contribution in [-0.2, 0) is 0 Å². The lowest BCUT2D eigenvalue weighted by Gasteiger charge is -2.31. The van der Waals surface area contributed by atoms with Crippen molar-refractivity contribution >= 4 is 11.6 Å². The Labute approximate surface area is 89.7 Å². The molecule has 0 aromatic heterocycles. The van der Waals surface area contributed by atoms with Crippen molar-refractivity contribution in [1.82, 2.24) is 0 Å². The van der Waals surface area contributed by atoms with Gasteiger partial charge in [0, 0.05) is 5.02 Å². The highest BCUT2D eigenvalue weighted by Gasteiger charge is 2.27. The Kier molecular flexibility index (Phi) is 2.80. The highest BCUT2D eigenvalue weighted by molar-refractivity contribution is 6.30. The van der Waals surface area contributed by atoms with E-state index in [2.05, 4.69) is 0 Å². The van der Waals surface area contributed by atoms with Gasteiger partial charge in [0.05, 0.1) is 6.10 Å². The van der Waals surface area contributed by atoms with E-state index in [0.717, 1.165) is 29.0 Å². The van der Waals surface area contributed by atoms with Crippen LogP contribution in [0.1, 0.15) is 36.5 Å². The summed E-state index contributed by atoms with van der Waals surface area (Å²) in [5.74, 6) is 0.467. The van der Waals surface area contributed by atoms with Crippen LogP contribution in [-0.4, -0.2) is 5.11 Å². The molecule has 76 valence electrons. The zero-order valence-electron chi connectivity index (χ0n) is 8.33. The lowest BCUT2D eigenvalue weighted by molar-refractivity contribution is 0.0616. The van der Waals surface area contributed by atoms with Crippen molar-refractivity contribution < 1.29 is 5.11 Å². The van der Waals surface area contributed by atoms with E-state index < -0.39 is 0 Å². The minimum atomic E-state index is -0.291. The zero-order valence-corrected chi connectivity index (χ0v) is 9.09. The summed E-state index contributed by atoms with van der Waals surface area (Å²) in [7, 11) is 0. The van der Waals surface area contributed by atoms with Gasteiger partial charge in [-0.25, -0.2) is 0 Å². The van der Waals surface area contributed by atoms with E-state index >= 15 is 0 Å². The van der Waals surface area contributed by atoms with Crippen molar-refractivity contribution in [3.63, 3.8) is 0 Å². The molecular weight excluding hydrogens is 196 g/mol. The lowest BCUT2D eigenvalue weighted by atomic mass is 9.78. The van der Waals surface area contributed by atoms with Crippen molar-refractivity contribution in [2.24, 2.45) is 5.92 Å². The maximum atomic E-state index is 10.1. The molecule has 1 saturated carbocycles. The molecule has 1 aromatic carbocycles. The highest BCUT2D eigenvalue weighted by atomic mass is 35.5. The summed E-state index contributed by atoms with van der Waals surface area (Å²) in [5, 5.41) is 10.8. The number of rotatable bonds is 2. The quantitative estimate of drug-likeness (QED) is 0.793. The van der Waals surface area contributed by atoms with Crippen molar-refractivity contribution in [3.05, 3.63) is 34.3 Å². The third kappa shape index (κ3) is 1.79. The highest BCUT2D eigenvalue weighted by Crippen LogP contribution is 2.38. The molecule has 14 heavy (non-hydrogen) atoms. The molecule has 0 bridgehead atoms. The van der Waals surface area contributed by atoms with Crippen LogP contribution in [0, 0.1) is 12.8 Å². The Bertz CT molecular complexity index is 331. The van der Waals surface area contributed by atoms with Crippen LogP contribution >= 0.6 is 11.6 Å². The Morgan fingerprint density at radius 1 is 1.43 bits per heavy atom. The van der Waals surface area contributed by atoms with Gasteiger partial charge < -0.3 is 5.11 Å². The summed E-state index contributed by atoms with van der Waals surface area (Å²) < 4.78 is 0. The first-order valence-electron chi connectivity index (χ1n) is 5.12. The summed E-state index contributed by atoms with van der Waals surface area (Å²) in [6, 6.07) is 5.71. The first kappa shape index (κ1) is 10.0. The van der Waals surface area contributed by atoms with E-state index in [1.165, 1.54) is 6.42 Å². The normalized spacial score (nSPS) is 19.1. The summed E-state index contributed by atoms with van der Waals surface area (Å²) in [4.78, 5) is 0. The van der Waals surface area contributed by atoms with Gasteiger partial charge >= 0.3 is 0 Å². The molecule has 1 aromatic rings. The molecule has 1 aliphatic carbocycles. The largest absolute Gasteiger partial charge is 0.388 e. The van der Waals surface area contributed by atoms with Crippen molar-refractivity contribution in [2.75, 3.05) is 0 Å². The van der Waals surface area contributed by atoms with E-state index in [4.69, 9.17) is 11.6 Å². The number of aliphatic hydroxyl groups excluding tert-OH is 1. The molecule has 0 saturated heterocycles. The van der Waals surface area contributed by atoms with Gasteiger partial charge in [-0.15, -0.1) is 0 Å². The summed E-state index contributed by atoms with van der Waals surface area (Å²) in [6.07, 6.45) is 3.28. The van der Waals surface area contributed by atoms with Crippen LogP contribution in [0.25, 0.3) is 0 Å². The fourth-order valence-corrected chi connectivity index (χ4v) is 2.21. The third-order valence-corrected chi connectivity index (χ3v) is 3.38. The Balaban J connectivity index is 2.22. The van der Waals surface area contributed by atoms with Crippen LogP contribution in [0.5, 0.6) is 0 Å². The van der Waals surface area contributed by atoms with Gasteiger partial charge in [0.2, 0.25) is 0 Å².